The first-order chi connectivity index (χ1) is 15.2. The summed E-state index contributed by atoms with van der Waals surface area (Å²) in [4.78, 5) is 0. The normalized spacial score (nSPS) is 11.4. The molecule has 0 unspecified atom stereocenters. The van der Waals surface area contributed by atoms with E-state index in [0.29, 0.717) is 37.6 Å². The molecule has 7 nitrogen and oxygen atoms in total. The molecular formula is C24H53BrO7-2. The van der Waals surface area contributed by atoms with Crippen LogP contribution in [0.1, 0.15) is 55.4 Å². The quantitative estimate of drug-likeness (QED) is 0.192. The SMILES string of the molecule is C1CO1.CC(C)COCCOCC[O-].CC(C)C[O-].CCBr.CCOCCOCC(C)C. The zero-order valence-electron chi connectivity index (χ0n) is 22.2. The predicted octanol–water partition coefficient (Wildman–Crippen LogP) is 3.15. The number of rotatable bonds is 14. The van der Waals surface area contributed by atoms with Crippen LogP contribution >= 0.6 is 15.9 Å². The van der Waals surface area contributed by atoms with E-state index in [0.717, 1.165) is 51.6 Å². The lowest BCUT2D eigenvalue weighted by Gasteiger charge is -2.08. The maximum atomic E-state index is 9.90. The molecular weight excluding hydrogens is 480 g/mol. The van der Waals surface area contributed by atoms with E-state index in [1.807, 2.05) is 27.7 Å². The van der Waals surface area contributed by atoms with E-state index in [1.165, 1.54) is 0 Å². The summed E-state index contributed by atoms with van der Waals surface area (Å²) >= 11 is 3.15. The van der Waals surface area contributed by atoms with Gasteiger partial charge in [0.15, 0.2) is 0 Å². The molecule has 1 heterocycles. The predicted molar refractivity (Wildman–Crippen MR) is 133 cm³/mol. The summed E-state index contributed by atoms with van der Waals surface area (Å²) in [5.74, 6) is 1.52. The van der Waals surface area contributed by atoms with Gasteiger partial charge in [-0.15, -0.1) is 13.2 Å². The minimum absolute atomic E-state index is 0.0556. The molecule has 1 aliphatic rings. The molecule has 0 aromatic heterocycles. The average Bonchev–Trinajstić information content (AvgIpc) is 3.61. The van der Waals surface area contributed by atoms with Crippen molar-refractivity contribution in [2.24, 2.45) is 17.8 Å². The highest BCUT2D eigenvalue weighted by Crippen LogP contribution is 1.92. The molecule has 0 aromatic rings. The van der Waals surface area contributed by atoms with Gasteiger partial charge in [-0.3, -0.25) is 0 Å². The van der Waals surface area contributed by atoms with E-state index in [-0.39, 0.29) is 13.2 Å². The lowest BCUT2D eigenvalue weighted by atomic mass is 10.2. The monoisotopic (exact) mass is 532 g/mol. The molecule has 0 spiro atoms. The van der Waals surface area contributed by atoms with Crippen LogP contribution in [0.2, 0.25) is 0 Å². The Hall–Kier alpha value is 0.200. The van der Waals surface area contributed by atoms with Gasteiger partial charge in [0.05, 0.1) is 39.6 Å². The van der Waals surface area contributed by atoms with Crippen molar-refractivity contribution >= 4 is 15.9 Å². The van der Waals surface area contributed by atoms with Gasteiger partial charge in [0, 0.05) is 31.8 Å². The van der Waals surface area contributed by atoms with Crippen LogP contribution in [0.15, 0.2) is 0 Å². The average molecular weight is 534 g/mol. The molecule has 0 N–H and O–H groups in total. The Morgan fingerprint density at radius 1 is 0.688 bits per heavy atom. The first kappa shape index (κ1) is 39.4. The standard InChI is InChI=1S/C8H17O3.C8H18O2.C4H9O.C2H5Br.C2H4O/c1-8(2)7-11-6-5-10-4-3-9;1-4-9-5-6-10-7-8(2)3;1-4(2)3-5;1-2-3;1-2-3-1/h8H,3-7H2,1-2H3;8H,4-7H2,1-3H3;4H,3H2,1-2H3;2H2,1H3;1-2H2/q-1;;-1;;. The van der Waals surface area contributed by atoms with E-state index in [4.69, 9.17) is 18.9 Å². The molecule has 0 saturated carbocycles. The molecule has 0 aliphatic carbocycles. The molecule has 200 valence electrons. The third kappa shape index (κ3) is 77.7. The van der Waals surface area contributed by atoms with Crippen LogP contribution in [0.3, 0.4) is 0 Å². The third-order valence-electron chi connectivity index (χ3n) is 2.62. The highest BCUT2D eigenvalue weighted by Gasteiger charge is 1.94. The van der Waals surface area contributed by atoms with Crippen LogP contribution in [0.4, 0.5) is 0 Å². The van der Waals surface area contributed by atoms with E-state index < -0.39 is 0 Å². The van der Waals surface area contributed by atoms with E-state index in [1.54, 1.807) is 0 Å². The Morgan fingerprint density at radius 2 is 1.03 bits per heavy atom. The summed E-state index contributed by atoms with van der Waals surface area (Å²) in [7, 11) is 0. The van der Waals surface area contributed by atoms with Gasteiger partial charge in [-0.2, -0.15) is 0 Å². The van der Waals surface area contributed by atoms with Crippen LogP contribution in [0.5, 0.6) is 0 Å². The molecule has 0 aromatic carbocycles. The van der Waals surface area contributed by atoms with Crippen LogP contribution in [-0.4, -0.2) is 84.6 Å². The molecule has 1 rings (SSSR count). The first-order valence-electron chi connectivity index (χ1n) is 11.8. The summed E-state index contributed by atoms with van der Waals surface area (Å²) in [6.45, 7) is 23.5. The second kappa shape index (κ2) is 38.5. The summed E-state index contributed by atoms with van der Waals surface area (Å²) in [6, 6.07) is 0. The van der Waals surface area contributed by atoms with E-state index in [2.05, 4.69) is 48.4 Å². The van der Waals surface area contributed by atoms with Crippen molar-refractivity contribution in [3.8, 4) is 0 Å². The number of alkyl halides is 1. The molecule has 0 amide bonds. The molecule has 0 atom stereocenters. The molecule has 1 fully saturated rings. The van der Waals surface area contributed by atoms with Gasteiger partial charge in [0.25, 0.3) is 0 Å². The first-order valence-corrected chi connectivity index (χ1v) is 13.0. The molecule has 0 bridgehead atoms. The van der Waals surface area contributed by atoms with Crippen LogP contribution in [0.25, 0.3) is 0 Å². The molecule has 1 aliphatic heterocycles. The molecule has 1 saturated heterocycles. The number of ether oxygens (including phenoxy) is 5. The Bertz CT molecular complexity index is 276. The van der Waals surface area contributed by atoms with Gasteiger partial charge >= 0.3 is 0 Å². The summed E-state index contributed by atoms with van der Waals surface area (Å²) < 4.78 is 25.0. The molecule has 8 heteroatoms. The topological polar surface area (TPSA) is 95.6 Å². The van der Waals surface area contributed by atoms with Gasteiger partial charge in [-0.1, -0.05) is 70.3 Å². The largest absolute Gasteiger partial charge is 0.854 e. The van der Waals surface area contributed by atoms with Crippen molar-refractivity contribution in [2.75, 3.05) is 84.6 Å². The fraction of sp³-hybridized carbons (Fsp3) is 1.00. The second-order valence-corrected chi connectivity index (χ2v) is 9.01. The number of hydrogen-bond acceptors (Lipinski definition) is 7. The van der Waals surface area contributed by atoms with Crippen molar-refractivity contribution in [1.82, 2.24) is 0 Å². The maximum Gasteiger partial charge on any atom is 0.0701 e. The Morgan fingerprint density at radius 3 is 1.28 bits per heavy atom. The van der Waals surface area contributed by atoms with Crippen molar-refractivity contribution in [2.45, 2.75) is 55.4 Å². The summed E-state index contributed by atoms with van der Waals surface area (Å²) in [5.41, 5.74) is 0. The Balaban J connectivity index is -0.000000169. The fourth-order valence-corrected chi connectivity index (χ4v) is 1.18. The van der Waals surface area contributed by atoms with Crippen LogP contribution in [0, 0.1) is 17.8 Å². The van der Waals surface area contributed by atoms with Crippen molar-refractivity contribution in [3.63, 3.8) is 0 Å². The van der Waals surface area contributed by atoms with Gasteiger partial charge in [-0.05, 0) is 18.8 Å². The fourth-order valence-electron chi connectivity index (χ4n) is 1.18. The highest BCUT2D eigenvalue weighted by atomic mass is 79.9. The second-order valence-electron chi connectivity index (χ2n) is 7.89. The van der Waals surface area contributed by atoms with Gasteiger partial charge in [0.1, 0.15) is 0 Å². The minimum Gasteiger partial charge on any atom is -0.854 e. The number of hydrogen-bond donors (Lipinski definition) is 0. The Kier molecular flexibility index (Phi) is 47.4. The van der Waals surface area contributed by atoms with E-state index >= 15 is 0 Å². The van der Waals surface area contributed by atoms with Gasteiger partial charge in [0.2, 0.25) is 0 Å². The number of halogens is 1. The van der Waals surface area contributed by atoms with E-state index in [9.17, 15) is 10.2 Å². The van der Waals surface area contributed by atoms with Crippen molar-refractivity contribution in [3.05, 3.63) is 0 Å². The zero-order chi connectivity index (χ0) is 25.5. The minimum atomic E-state index is -0.163. The lowest BCUT2D eigenvalue weighted by Crippen LogP contribution is -2.15. The van der Waals surface area contributed by atoms with Crippen LogP contribution in [-0.2, 0) is 23.7 Å². The lowest BCUT2D eigenvalue weighted by molar-refractivity contribution is -0.376. The summed E-state index contributed by atoms with van der Waals surface area (Å²) in [6.07, 6.45) is 0. The highest BCUT2D eigenvalue weighted by molar-refractivity contribution is 9.09. The van der Waals surface area contributed by atoms with Crippen LogP contribution < -0.4 is 10.2 Å². The van der Waals surface area contributed by atoms with Gasteiger partial charge in [-0.25, -0.2) is 0 Å². The van der Waals surface area contributed by atoms with Crippen molar-refractivity contribution in [1.29, 1.82) is 0 Å². The van der Waals surface area contributed by atoms with Gasteiger partial charge < -0.3 is 33.9 Å². The maximum absolute atomic E-state index is 9.90. The Labute approximate surface area is 207 Å². The molecule has 32 heavy (non-hydrogen) atoms. The smallest absolute Gasteiger partial charge is 0.0701 e. The third-order valence-corrected chi connectivity index (χ3v) is 2.62. The molecule has 0 radical (unpaired) electrons. The number of epoxide rings is 1. The zero-order valence-corrected chi connectivity index (χ0v) is 23.7. The summed E-state index contributed by atoms with van der Waals surface area (Å²) in [5, 5.41) is 20.6. The van der Waals surface area contributed by atoms with Crippen molar-refractivity contribution < 1.29 is 33.9 Å².